The van der Waals surface area contributed by atoms with Crippen LogP contribution in [0.4, 0.5) is 0 Å². The first-order chi connectivity index (χ1) is 18.6. The highest BCUT2D eigenvalue weighted by molar-refractivity contribution is 8.02. The molecule has 0 aliphatic carbocycles. The first-order valence-corrected chi connectivity index (χ1v) is 23.1. The summed E-state index contributed by atoms with van der Waals surface area (Å²) in [6, 6.07) is 0. The predicted molar refractivity (Wildman–Crippen MR) is 227 cm³/mol. The van der Waals surface area contributed by atoms with E-state index in [1.165, 1.54) is 35.9 Å². The van der Waals surface area contributed by atoms with E-state index in [2.05, 4.69) is 163 Å². The van der Waals surface area contributed by atoms with Crippen LogP contribution in [0, 0.1) is 10.8 Å². The van der Waals surface area contributed by atoms with Gasteiger partial charge < -0.3 is 0 Å². The van der Waals surface area contributed by atoms with E-state index in [4.69, 9.17) is 0 Å². The second-order valence-electron chi connectivity index (χ2n) is 15.0. The molecule has 0 saturated carbocycles. The molecule has 264 valence electrons. The van der Waals surface area contributed by atoms with E-state index >= 15 is 0 Å². The molecule has 6 heteroatoms. The monoisotopic (exact) mass is 708 g/mol. The minimum absolute atomic E-state index is 0.396. The van der Waals surface area contributed by atoms with Gasteiger partial charge in [0.2, 0.25) is 0 Å². The van der Waals surface area contributed by atoms with Gasteiger partial charge in [0.1, 0.15) is 0 Å². The standard InChI is InChI=1S/3C8H18S.3C4H10S/c2*1-7(2,3)8(4,5)9-6;1-7(2,3)9-8(4,5)6;2*1-3-4-5-2;1-3-5-4-2/h3*1-6H3;3*3-4H2,1-2H3. The van der Waals surface area contributed by atoms with Crippen molar-refractivity contribution in [2.24, 2.45) is 10.8 Å². The van der Waals surface area contributed by atoms with Crippen molar-refractivity contribution in [2.45, 2.75) is 170 Å². The molecule has 0 rings (SSSR count). The van der Waals surface area contributed by atoms with Gasteiger partial charge in [0, 0.05) is 19.0 Å². The fraction of sp³-hybridized carbons (Fsp3) is 1.00. The lowest BCUT2D eigenvalue weighted by Crippen LogP contribution is -2.32. The molecule has 0 aromatic heterocycles. The third-order valence-electron chi connectivity index (χ3n) is 6.47. The number of hydrogen-bond acceptors (Lipinski definition) is 6. The van der Waals surface area contributed by atoms with Crippen LogP contribution in [0.25, 0.3) is 0 Å². The van der Waals surface area contributed by atoms with Crippen molar-refractivity contribution in [1.82, 2.24) is 0 Å². The average molecular weight is 709 g/mol. The Hall–Kier alpha value is 2.10. The summed E-state index contributed by atoms with van der Waals surface area (Å²) in [6.45, 7) is 45.1. The topological polar surface area (TPSA) is 0 Å². The van der Waals surface area contributed by atoms with Crippen LogP contribution in [-0.2, 0) is 0 Å². The van der Waals surface area contributed by atoms with Gasteiger partial charge in [-0.25, -0.2) is 0 Å². The second kappa shape index (κ2) is 30.4. The molecular weight excluding hydrogens is 625 g/mol. The summed E-state index contributed by atoms with van der Waals surface area (Å²) >= 11 is 11.6. The van der Waals surface area contributed by atoms with Crippen LogP contribution in [-0.4, -0.2) is 67.0 Å². The molecule has 0 aliphatic rings. The first-order valence-electron chi connectivity index (χ1n) is 15.9. The van der Waals surface area contributed by atoms with Gasteiger partial charge in [-0.1, -0.05) is 138 Å². The Bertz CT molecular complexity index is 457. The summed E-state index contributed by atoms with van der Waals surface area (Å²) in [5, 5.41) is 0. The fourth-order valence-electron chi connectivity index (χ4n) is 2.14. The average Bonchev–Trinajstić information content (AvgIpc) is 2.79. The third-order valence-corrected chi connectivity index (χ3v) is 13.4. The van der Waals surface area contributed by atoms with E-state index in [9.17, 15) is 0 Å². The summed E-state index contributed by atoms with van der Waals surface area (Å²) in [4.78, 5) is 0. The van der Waals surface area contributed by atoms with Crippen LogP contribution in [0.15, 0.2) is 0 Å². The van der Waals surface area contributed by atoms with E-state index in [1.54, 1.807) is 0 Å². The van der Waals surface area contributed by atoms with Crippen molar-refractivity contribution in [1.29, 1.82) is 0 Å². The van der Waals surface area contributed by atoms with Crippen LogP contribution in [0.2, 0.25) is 0 Å². The molecule has 0 bridgehead atoms. The molecule has 0 radical (unpaired) electrons. The van der Waals surface area contributed by atoms with Gasteiger partial charge >= 0.3 is 0 Å². The fourth-order valence-corrected chi connectivity index (χ4v) is 6.43. The lowest BCUT2D eigenvalue weighted by atomic mass is 9.83. The van der Waals surface area contributed by atoms with Gasteiger partial charge in [-0.15, -0.1) is 0 Å². The normalized spacial score (nSPS) is 12.0. The van der Waals surface area contributed by atoms with E-state index in [0.29, 0.717) is 29.8 Å². The van der Waals surface area contributed by atoms with Gasteiger partial charge in [-0.2, -0.15) is 70.6 Å². The van der Waals surface area contributed by atoms with Crippen molar-refractivity contribution < 1.29 is 0 Å². The predicted octanol–water partition coefficient (Wildman–Crippen LogP) is 14.9. The van der Waals surface area contributed by atoms with E-state index in [-0.39, 0.29) is 0 Å². The summed E-state index contributed by atoms with van der Waals surface area (Å²) in [6.07, 6.45) is 11.2. The maximum absolute atomic E-state index is 2.29. The van der Waals surface area contributed by atoms with Gasteiger partial charge in [-0.3, -0.25) is 0 Å². The number of hydrogen-bond donors (Lipinski definition) is 0. The van der Waals surface area contributed by atoms with Crippen LogP contribution in [0.5, 0.6) is 0 Å². The molecular formula is C36H84S6. The summed E-state index contributed by atoms with van der Waals surface area (Å²) in [5.41, 5.74) is 0.818. The number of thioether (sulfide) groups is 6. The highest BCUT2D eigenvalue weighted by atomic mass is 32.2. The van der Waals surface area contributed by atoms with E-state index < -0.39 is 0 Å². The molecule has 42 heavy (non-hydrogen) atoms. The van der Waals surface area contributed by atoms with Crippen molar-refractivity contribution >= 4 is 70.6 Å². The molecule has 0 unspecified atom stereocenters. The minimum Gasteiger partial charge on any atom is -0.165 e. The lowest BCUT2D eigenvalue weighted by Gasteiger charge is -2.37. The van der Waals surface area contributed by atoms with Crippen molar-refractivity contribution in [3.63, 3.8) is 0 Å². The molecule has 0 heterocycles. The van der Waals surface area contributed by atoms with Crippen molar-refractivity contribution in [3.05, 3.63) is 0 Å². The Kier molecular flexibility index (Phi) is 40.9. The number of rotatable bonds is 8. The zero-order chi connectivity index (χ0) is 35.5. The van der Waals surface area contributed by atoms with Crippen LogP contribution in [0.1, 0.15) is 151 Å². The minimum atomic E-state index is 0.396. The quantitative estimate of drug-likeness (QED) is 0.244. The lowest BCUT2D eigenvalue weighted by molar-refractivity contribution is 0.320. The van der Waals surface area contributed by atoms with Gasteiger partial charge in [0.25, 0.3) is 0 Å². The Morgan fingerprint density at radius 3 is 0.643 bits per heavy atom. The molecule has 0 aliphatic heterocycles. The molecule has 0 N–H and O–H groups in total. The first kappa shape index (κ1) is 56.4. The highest BCUT2D eigenvalue weighted by Gasteiger charge is 2.32. The smallest absolute Gasteiger partial charge is 0.0149 e. The maximum atomic E-state index is 2.29. The summed E-state index contributed by atoms with van der Waals surface area (Å²) in [5.74, 6) is 5.13. The Labute approximate surface area is 297 Å². The van der Waals surface area contributed by atoms with Crippen LogP contribution in [0.3, 0.4) is 0 Å². The zero-order valence-electron chi connectivity index (χ0n) is 33.7. The van der Waals surface area contributed by atoms with Gasteiger partial charge in [0.15, 0.2) is 0 Å². The van der Waals surface area contributed by atoms with Gasteiger partial charge in [-0.05, 0) is 71.7 Å². The van der Waals surface area contributed by atoms with E-state index in [0.717, 1.165) is 0 Å². The molecule has 0 spiro atoms. The molecule has 0 saturated heterocycles. The van der Waals surface area contributed by atoms with Crippen LogP contribution >= 0.6 is 70.6 Å². The second-order valence-corrected chi connectivity index (χ2v) is 24.1. The van der Waals surface area contributed by atoms with Gasteiger partial charge in [0.05, 0.1) is 0 Å². The Morgan fingerprint density at radius 1 is 0.405 bits per heavy atom. The van der Waals surface area contributed by atoms with Crippen molar-refractivity contribution in [2.75, 3.05) is 48.0 Å². The van der Waals surface area contributed by atoms with Crippen molar-refractivity contribution in [3.8, 4) is 0 Å². The highest BCUT2D eigenvalue weighted by Crippen LogP contribution is 2.40. The largest absolute Gasteiger partial charge is 0.165 e. The van der Waals surface area contributed by atoms with E-state index in [1.807, 2.05) is 70.6 Å². The van der Waals surface area contributed by atoms with Crippen LogP contribution < -0.4 is 0 Å². The zero-order valence-corrected chi connectivity index (χ0v) is 38.6. The molecule has 0 nitrogen and oxygen atoms in total. The maximum Gasteiger partial charge on any atom is 0.0149 e. The summed E-state index contributed by atoms with van der Waals surface area (Å²) in [7, 11) is 0. The Morgan fingerprint density at radius 2 is 0.643 bits per heavy atom. The molecule has 0 aromatic carbocycles. The molecule has 0 fully saturated rings. The SMILES string of the molecule is CC(C)(C)SC(C)(C)C.CCCSC.CCCSC.CCSCC.CSC(C)(C)C(C)(C)C.CSC(C)(C)C(C)(C)C. The third kappa shape index (κ3) is 49.0. The molecule has 0 atom stereocenters. The summed E-state index contributed by atoms with van der Waals surface area (Å²) < 4.78 is 1.59. The Balaban J connectivity index is -0.0000000946. The molecule has 0 aromatic rings. The molecule has 0 amide bonds.